The Bertz CT molecular complexity index is 621. The summed E-state index contributed by atoms with van der Waals surface area (Å²) >= 11 is 0. The van der Waals surface area contributed by atoms with E-state index >= 15 is 0 Å². The van der Waals surface area contributed by atoms with Crippen molar-refractivity contribution < 1.29 is 14.6 Å². The smallest absolute Gasteiger partial charge is 0.315 e. The van der Waals surface area contributed by atoms with Crippen LogP contribution in [0.15, 0.2) is 18.2 Å². The third-order valence-corrected chi connectivity index (χ3v) is 5.92. The fraction of sp³-hybridized carbons (Fsp3) is 0.650. The van der Waals surface area contributed by atoms with E-state index < -0.39 is 0 Å². The van der Waals surface area contributed by atoms with Crippen LogP contribution >= 0.6 is 0 Å². The number of hydrogen-bond donors (Lipinski definition) is 3. The Labute approximate surface area is 149 Å². The van der Waals surface area contributed by atoms with Gasteiger partial charge in [-0.1, -0.05) is 25.3 Å². The molecule has 2 aliphatic carbocycles. The maximum Gasteiger partial charge on any atom is 0.315 e. The van der Waals surface area contributed by atoms with Crippen molar-refractivity contribution in [3.8, 4) is 5.75 Å². The molecule has 0 bridgehead atoms. The number of aliphatic hydroxyl groups is 1. The largest absolute Gasteiger partial charge is 0.493 e. The highest BCUT2D eigenvalue weighted by atomic mass is 16.5. The fourth-order valence-corrected chi connectivity index (χ4v) is 4.39. The van der Waals surface area contributed by atoms with Gasteiger partial charge in [-0.15, -0.1) is 0 Å². The van der Waals surface area contributed by atoms with Crippen LogP contribution < -0.4 is 15.4 Å². The van der Waals surface area contributed by atoms with Crippen LogP contribution in [0.3, 0.4) is 0 Å². The lowest BCUT2D eigenvalue weighted by molar-refractivity contribution is 0.0258. The lowest BCUT2D eigenvalue weighted by Crippen LogP contribution is -2.48. The molecule has 4 rings (SSSR count). The third kappa shape index (κ3) is 3.76. The Kier molecular flexibility index (Phi) is 4.84. The fourth-order valence-electron chi connectivity index (χ4n) is 4.39. The van der Waals surface area contributed by atoms with Gasteiger partial charge in [0, 0.05) is 12.5 Å². The number of rotatable bonds is 4. The van der Waals surface area contributed by atoms with Gasteiger partial charge in [0.2, 0.25) is 0 Å². The number of benzene rings is 1. The number of ether oxygens (including phenoxy) is 1. The topological polar surface area (TPSA) is 70.6 Å². The van der Waals surface area contributed by atoms with E-state index in [0.717, 1.165) is 50.0 Å². The minimum Gasteiger partial charge on any atom is -0.493 e. The minimum absolute atomic E-state index is 0.0436. The quantitative estimate of drug-likeness (QED) is 0.786. The molecule has 0 aromatic heterocycles. The SMILES string of the molecule is O=C(NC1CCCCC1)NC(c1ccc2c(c1)CCO2)C1CC(O)C1. The average molecular weight is 344 g/mol. The Morgan fingerprint density at radius 1 is 1.20 bits per heavy atom. The summed E-state index contributed by atoms with van der Waals surface area (Å²) in [5.41, 5.74) is 2.34. The number of carbonyl (C=O) groups excluding carboxylic acids is 1. The zero-order valence-corrected chi connectivity index (χ0v) is 14.7. The van der Waals surface area contributed by atoms with E-state index in [4.69, 9.17) is 4.74 Å². The summed E-state index contributed by atoms with van der Waals surface area (Å²) in [6.07, 6.45) is 8.05. The molecule has 0 saturated heterocycles. The van der Waals surface area contributed by atoms with Crippen LogP contribution in [0.2, 0.25) is 0 Å². The van der Waals surface area contributed by atoms with Crippen molar-refractivity contribution in [2.45, 2.75) is 69.6 Å². The van der Waals surface area contributed by atoms with E-state index in [9.17, 15) is 9.90 Å². The monoisotopic (exact) mass is 344 g/mol. The van der Waals surface area contributed by atoms with Crippen molar-refractivity contribution in [2.24, 2.45) is 5.92 Å². The standard InChI is InChI=1S/C20H28N2O3/c23-17-11-15(12-17)19(14-6-7-18-13(10-14)8-9-25-18)22-20(24)21-16-4-2-1-3-5-16/h6-7,10,15-17,19,23H,1-5,8-9,11-12H2,(H2,21,22,24). The molecule has 2 amide bonds. The van der Waals surface area contributed by atoms with Gasteiger partial charge in [-0.2, -0.15) is 0 Å². The van der Waals surface area contributed by atoms with Gasteiger partial charge in [-0.3, -0.25) is 0 Å². The molecule has 3 aliphatic rings. The van der Waals surface area contributed by atoms with E-state index in [0.29, 0.717) is 12.0 Å². The summed E-state index contributed by atoms with van der Waals surface area (Å²) in [6, 6.07) is 6.42. The molecule has 0 spiro atoms. The van der Waals surface area contributed by atoms with Crippen LogP contribution in [0.1, 0.15) is 62.1 Å². The Balaban J connectivity index is 1.45. The highest BCUT2D eigenvalue weighted by molar-refractivity contribution is 5.75. The van der Waals surface area contributed by atoms with Gasteiger partial charge in [-0.05, 0) is 54.9 Å². The van der Waals surface area contributed by atoms with Crippen molar-refractivity contribution in [1.29, 1.82) is 0 Å². The minimum atomic E-state index is -0.228. The number of carbonyl (C=O) groups is 1. The van der Waals surface area contributed by atoms with Gasteiger partial charge in [0.25, 0.3) is 0 Å². The molecule has 5 nitrogen and oxygen atoms in total. The summed E-state index contributed by atoms with van der Waals surface area (Å²) in [7, 11) is 0. The Morgan fingerprint density at radius 3 is 2.76 bits per heavy atom. The molecule has 1 heterocycles. The second kappa shape index (κ2) is 7.24. The number of fused-ring (bicyclic) bond motifs is 1. The molecule has 0 radical (unpaired) electrons. The van der Waals surface area contributed by atoms with Gasteiger partial charge < -0.3 is 20.5 Å². The molecule has 5 heteroatoms. The highest BCUT2D eigenvalue weighted by Gasteiger charge is 2.36. The summed E-state index contributed by atoms with van der Waals surface area (Å²) in [5, 5.41) is 16.1. The number of aliphatic hydroxyl groups excluding tert-OH is 1. The number of amides is 2. The van der Waals surface area contributed by atoms with Crippen molar-refractivity contribution in [2.75, 3.05) is 6.61 Å². The normalized spacial score (nSPS) is 26.9. The van der Waals surface area contributed by atoms with Crippen LogP contribution in [0, 0.1) is 5.92 Å². The maximum absolute atomic E-state index is 12.5. The molecule has 25 heavy (non-hydrogen) atoms. The van der Waals surface area contributed by atoms with Crippen molar-refractivity contribution in [3.05, 3.63) is 29.3 Å². The van der Waals surface area contributed by atoms with Crippen LogP contribution in [0.25, 0.3) is 0 Å². The molecule has 1 aromatic carbocycles. The lowest BCUT2D eigenvalue weighted by atomic mass is 9.75. The maximum atomic E-state index is 12.5. The molecule has 136 valence electrons. The van der Waals surface area contributed by atoms with Crippen molar-refractivity contribution in [3.63, 3.8) is 0 Å². The second-order valence-electron chi connectivity index (χ2n) is 7.78. The van der Waals surface area contributed by atoms with Crippen LogP contribution in [0.4, 0.5) is 4.79 Å². The van der Waals surface area contributed by atoms with E-state index in [2.05, 4.69) is 22.8 Å². The van der Waals surface area contributed by atoms with Gasteiger partial charge in [0.05, 0.1) is 18.8 Å². The van der Waals surface area contributed by atoms with Gasteiger partial charge in [0.1, 0.15) is 5.75 Å². The van der Waals surface area contributed by atoms with Crippen molar-refractivity contribution >= 4 is 6.03 Å². The number of nitrogens with one attached hydrogen (secondary N) is 2. The average Bonchev–Trinajstić information content (AvgIpc) is 3.06. The van der Waals surface area contributed by atoms with Gasteiger partial charge in [0.15, 0.2) is 0 Å². The van der Waals surface area contributed by atoms with E-state index in [-0.39, 0.29) is 18.2 Å². The molecule has 3 N–H and O–H groups in total. The predicted molar refractivity (Wildman–Crippen MR) is 95.7 cm³/mol. The number of urea groups is 1. The van der Waals surface area contributed by atoms with Crippen molar-refractivity contribution in [1.82, 2.24) is 10.6 Å². The summed E-state index contributed by atoms with van der Waals surface area (Å²) < 4.78 is 5.59. The third-order valence-electron chi connectivity index (χ3n) is 5.92. The van der Waals surface area contributed by atoms with E-state index in [1.165, 1.54) is 24.8 Å². The van der Waals surface area contributed by atoms with Crippen LogP contribution in [0.5, 0.6) is 5.75 Å². The molecule has 2 fully saturated rings. The molecule has 1 aliphatic heterocycles. The van der Waals surface area contributed by atoms with Gasteiger partial charge in [-0.25, -0.2) is 4.79 Å². The Hall–Kier alpha value is -1.75. The highest BCUT2D eigenvalue weighted by Crippen LogP contribution is 2.39. The van der Waals surface area contributed by atoms with E-state index in [1.54, 1.807) is 0 Å². The Morgan fingerprint density at radius 2 is 2.00 bits per heavy atom. The van der Waals surface area contributed by atoms with Crippen LogP contribution in [-0.4, -0.2) is 29.9 Å². The lowest BCUT2D eigenvalue weighted by Gasteiger charge is -2.38. The zero-order valence-electron chi connectivity index (χ0n) is 14.7. The zero-order chi connectivity index (χ0) is 17.2. The summed E-state index contributed by atoms with van der Waals surface area (Å²) in [4.78, 5) is 12.5. The summed E-state index contributed by atoms with van der Waals surface area (Å²) in [5.74, 6) is 1.26. The molecule has 1 atom stereocenters. The first-order chi connectivity index (χ1) is 12.2. The molecule has 2 saturated carbocycles. The first-order valence-electron chi connectivity index (χ1n) is 9.70. The number of hydrogen-bond acceptors (Lipinski definition) is 3. The van der Waals surface area contributed by atoms with Gasteiger partial charge >= 0.3 is 6.03 Å². The molecular formula is C20H28N2O3. The second-order valence-corrected chi connectivity index (χ2v) is 7.78. The predicted octanol–water partition coefficient (Wildman–Crippen LogP) is 3.07. The molecule has 1 aromatic rings. The van der Waals surface area contributed by atoms with E-state index in [1.807, 2.05) is 6.07 Å². The van der Waals surface area contributed by atoms with Crippen LogP contribution in [-0.2, 0) is 6.42 Å². The summed E-state index contributed by atoms with van der Waals surface area (Å²) in [6.45, 7) is 0.737. The molecular weight excluding hydrogens is 316 g/mol. The first kappa shape index (κ1) is 16.7. The molecule has 1 unspecified atom stereocenters. The first-order valence-corrected chi connectivity index (χ1v) is 9.70.